The van der Waals surface area contributed by atoms with Crippen LogP contribution in [0.3, 0.4) is 0 Å². The van der Waals surface area contributed by atoms with Crippen LogP contribution >= 0.6 is 0 Å². The van der Waals surface area contributed by atoms with E-state index in [1.54, 1.807) is 38.5 Å². The molecule has 4 rings (SSSR count). The van der Waals surface area contributed by atoms with Crippen LogP contribution in [0.1, 0.15) is 24.8 Å². The van der Waals surface area contributed by atoms with Crippen LogP contribution in [0, 0.1) is 11.8 Å². The van der Waals surface area contributed by atoms with Crippen molar-refractivity contribution in [2.24, 2.45) is 11.8 Å². The first-order valence-corrected chi connectivity index (χ1v) is 11.3. The van der Waals surface area contributed by atoms with E-state index in [2.05, 4.69) is 0 Å². The van der Waals surface area contributed by atoms with Gasteiger partial charge < -0.3 is 14.6 Å². The Balaban J connectivity index is 1.63. The molecule has 1 heterocycles. The highest BCUT2D eigenvalue weighted by Gasteiger charge is 2.52. The standard InChI is InChI=1S/C22H27NO5S/c1-27-18-8-10-20(11-9-18)29(25,26)23-14-16-5-4-12-22(24,21(16)15-23)17-6-3-7-19(13-17)28-2/h3,6-11,13,16,21,24H,4-5,12,14-15H2,1-2H3/t16-,21+,22-/m0/s1. The molecule has 7 heteroatoms. The van der Waals surface area contributed by atoms with E-state index in [0.717, 1.165) is 18.4 Å². The molecule has 1 aliphatic carbocycles. The first kappa shape index (κ1) is 20.2. The zero-order valence-electron chi connectivity index (χ0n) is 16.7. The molecular formula is C22H27NO5S. The molecule has 1 saturated carbocycles. The SMILES string of the molecule is COc1ccc(S(=O)(=O)N2C[C@@H]3CCC[C@](O)(c4cccc(OC)c4)[C@@H]3C2)cc1. The van der Waals surface area contributed by atoms with Crippen molar-refractivity contribution in [3.63, 3.8) is 0 Å². The lowest BCUT2D eigenvalue weighted by molar-refractivity contribution is -0.0641. The average Bonchev–Trinajstić information content (AvgIpc) is 3.21. The summed E-state index contributed by atoms with van der Waals surface area (Å²) in [4.78, 5) is 0.252. The fraction of sp³-hybridized carbons (Fsp3) is 0.455. The van der Waals surface area contributed by atoms with Crippen LogP contribution in [0.15, 0.2) is 53.4 Å². The van der Waals surface area contributed by atoms with Gasteiger partial charge in [-0.25, -0.2) is 8.42 Å². The van der Waals surface area contributed by atoms with Gasteiger partial charge in [-0.15, -0.1) is 0 Å². The summed E-state index contributed by atoms with van der Waals surface area (Å²) in [6, 6.07) is 14.0. The number of benzene rings is 2. The van der Waals surface area contributed by atoms with Crippen molar-refractivity contribution in [2.75, 3.05) is 27.3 Å². The average molecular weight is 418 g/mol. The number of nitrogens with zero attached hydrogens (tertiary/aromatic N) is 1. The minimum Gasteiger partial charge on any atom is -0.497 e. The molecule has 1 aliphatic heterocycles. The summed E-state index contributed by atoms with van der Waals surface area (Å²) in [6.07, 6.45) is 2.41. The summed E-state index contributed by atoms with van der Waals surface area (Å²) in [7, 11) is -0.473. The fourth-order valence-corrected chi connectivity index (χ4v) is 6.35. The summed E-state index contributed by atoms with van der Waals surface area (Å²) in [5.41, 5.74) is -0.253. The van der Waals surface area contributed by atoms with E-state index in [9.17, 15) is 13.5 Å². The predicted molar refractivity (Wildman–Crippen MR) is 109 cm³/mol. The zero-order chi connectivity index (χ0) is 20.6. The molecule has 29 heavy (non-hydrogen) atoms. The molecule has 0 radical (unpaired) electrons. The summed E-state index contributed by atoms with van der Waals surface area (Å²) in [5, 5.41) is 11.7. The highest BCUT2D eigenvalue weighted by Crippen LogP contribution is 2.49. The van der Waals surface area contributed by atoms with Crippen molar-refractivity contribution < 1.29 is 23.0 Å². The number of hydrogen-bond acceptors (Lipinski definition) is 5. The summed E-state index contributed by atoms with van der Waals surface area (Å²) in [5.74, 6) is 1.30. The number of rotatable bonds is 5. The monoisotopic (exact) mass is 417 g/mol. The molecule has 156 valence electrons. The van der Waals surface area contributed by atoms with Crippen LogP contribution in [0.4, 0.5) is 0 Å². The lowest BCUT2D eigenvalue weighted by atomic mass is 9.67. The lowest BCUT2D eigenvalue weighted by Gasteiger charge is -2.41. The Morgan fingerprint density at radius 3 is 2.45 bits per heavy atom. The van der Waals surface area contributed by atoms with Gasteiger partial charge in [-0.05, 0) is 67.1 Å². The normalized spacial score (nSPS) is 27.4. The number of fused-ring (bicyclic) bond motifs is 1. The van der Waals surface area contributed by atoms with Crippen LogP contribution in [-0.4, -0.2) is 45.1 Å². The van der Waals surface area contributed by atoms with Crippen molar-refractivity contribution in [3.8, 4) is 11.5 Å². The molecule has 2 fully saturated rings. The Labute approximate surface area is 172 Å². The van der Waals surface area contributed by atoms with Gasteiger partial charge in [-0.3, -0.25) is 0 Å². The van der Waals surface area contributed by atoms with E-state index in [-0.39, 0.29) is 16.7 Å². The third kappa shape index (κ3) is 3.52. The van der Waals surface area contributed by atoms with Gasteiger partial charge >= 0.3 is 0 Å². The van der Waals surface area contributed by atoms with Gasteiger partial charge in [0, 0.05) is 19.0 Å². The predicted octanol–water partition coefficient (Wildman–Crippen LogP) is 3.01. The Bertz CT molecular complexity index is 975. The molecule has 3 atom stereocenters. The Hall–Kier alpha value is -2.09. The summed E-state index contributed by atoms with van der Waals surface area (Å²) < 4.78 is 38.4. The van der Waals surface area contributed by atoms with Crippen molar-refractivity contribution in [2.45, 2.75) is 29.8 Å². The van der Waals surface area contributed by atoms with Gasteiger partial charge in [0.2, 0.25) is 10.0 Å². The molecule has 2 aliphatic rings. The third-order valence-electron chi connectivity index (χ3n) is 6.42. The molecular weight excluding hydrogens is 390 g/mol. The second-order valence-electron chi connectivity index (χ2n) is 7.91. The van der Waals surface area contributed by atoms with E-state index in [1.807, 2.05) is 24.3 Å². The molecule has 6 nitrogen and oxygen atoms in total. The Kier molecular flexibility index (Phi) is 5.31. The zero-order valence-corrected chi connectivity index (χ0v) is 17.6. The molecule has 1 saturated heterocycles. The van der Waals surface area contributed by atoms with E-state index in [1.165, 1.54) is 4.31 Å². The molecule has 2 aromatic rings. The first-order valence-electron chi connectivity index (χ1n) is 9.89. The summed E-state index contributed by atoms with van der Waals surface area (Å²) >= 11 is 0. The quantitative estimate of drug-likeness (QED) is 0.809. The number of methoxy groups -OCH3 is 2. The Morgan fingerprint density at radius 2 is 1.76 bits per heavy atom. The largest absolute Gasteiger partial charge is 0.497 e. The number of aliphatic hydroxyl groups is 1. The highest BCUT2D eigenvalue weighted by atomic mass is 32.2. The van der Waals surface area contributed by atoms with E-state index in [4.69, 9.17) is 9.47 Å². The van der Waals surface area contributed by atoms with Crippen molar-refractivity contribution in [3.05, 3.63) is 54.1 Å². The van der Waals surface area contributed by atoms with Crippen LogP contribution in [0.2, 0.25) is 0 Å². The lowest BCUT2D eigenvalue weighted by Crippen LogP contribution is -2.43. The number of ether oxygens (including phenoxy) is 2. The van der Waals surface area contributed by atoms with Crippen LogP contribution in [-0.2, 0) is 15.6 Å². The van der Waals surface area contributed by atoms with Crippen LogP contribution in [0.5, 0.6) is 11.5 Å². The van der Waals surface area contributed by atoms with Gasteiger partial charge in [0.05, 0.1) is 24.7 Å². The van der Waals surface area contributed by atoms with Gasteiger partial charge in [0.15, 0.2) is 0 Å². The molecule has 0 unspecified atom stereocenters. The van der Waals surface area contributed by atoms with Crippen molar-refractivity contribution in [1.29, 1.82) is 0 Å². The van der Waals surface area contributed by atoms with Gasteiger partial charge in [0.1, 0.15) is 11.5 Å². The molecule has 0 amide bonds. The highest BCUT2D eigenvalue weighted by molar-refractivity contribution is 7.89. The van der Waals surface area contributed by atoms with Gasteiger partial charge in [0.25, 0.3) is 0 Å². The van der Waals surface area contributed by atoms with Crippen molar-refractivity contribution in [1.82, 2.24) is 4.31 Å². The number of hydrogen-bond donors (Lipinski definition) is 1. The van der Waals surface area contributed by atoms with E-state index < -0.39 is 15.6 Å². The molecule has 0 aromatic heterocycles. The molecule has 1 N–H and O–H groups in total. The second-order valence-corrected chi connectivity index (χ2v) is 9.85. The topological polar surface area (TPSA) is 76.1 Å². The summed E-state index contributed by atoms with van der Waals surface area (Å²) in [6.45, 7) is 0.748. The van der Waals surface area contributed by atoms with Crippen LogP contribution in [0.25, 0.3) is 0 Å². The fourth-order valence-electron chi connectivity index (χ4n) is 4.83. The maximum absolute atomic E-state index is 13.2. The van der Waals surface area contributed by atoms with Crippen LogP contribution < -0.4 is 9.47 Å². The first-order chi connectivity index (χ1) is 13.9. The Morgan fingerprint density at radius 1 is 1.03 bits per heavy atom. The van der Waals surface area contributed by atoms with Crippen molar-refractivity contribution >= 4 is 10.0 Å². The third-order valence-corrected chi connectivity index (χ3v) is 8.27. The number of sulfonamides is 1. The maximum atomic E-state index is 13.2. The molecule has 0 bridgehead atoms. The van der Waals surface area contributed by atoms with Gasteiger partial charge in [-0.1, -0.05) is 12.1 Å². The van der Waals surface area contributed by atoms with E-state index >= 15 is 0 Å². The van der Waals surface area contributed by atoms with Gasteiger partial charge in [-0.2, -0.15) is 4.31 Å². The smallest absolute Gasteiger partial charge is 0.243 e. The molecule has 0 spiro atoms. The minimum absolute atomic E-state index is 0.132. The molecule has 2 aromatic carbocycles. The minimum atomic E-state index is -3.63. The van der Waals surface area contributed by atoms with E-state index in [0.29, 0.717) is 31.0 Å². The maximum Gasteiger partial charge on any atom is 0.243 e. The second kappa shape index (κ2) is 7.63.